The predicted octanol–water partition coefficient (Wildman–Crippen LogP) is 3.48. The zero-order valence-corrected chi connectivity index (χ0v) is 16.8. The first-order valence-electron chi connectivity index (χ1n) is 9.60. The third kappa shape index (κ3) is 5.17. The Labute approximate surface area is 174 Å². The smallest absolute Gasteiger partial charge is 0.331 e. The van der Waals surface area contributed by atoms with Gasteiger partial charge >= 0.3 is 5.97 Å². The van der Waals surface area contributed by atoms with E-state index in [4.69, 9.17) is 19.5 Å². The topological polar surface area (TPSA) is 97.6 Å². The summed E-state index contributed by atoms with van der Waals surface area (Å²) in [5, 5.41) is 11.6. The summed E-state index contributed by atoms with van der Waals surface area (Å²) in [7, 11) is 0. The first-order chi connectivity index (χ1) is 14.5. The number of ether oxygens (including phenoxy) is 3. The number of carbonyl (C=O) groups excluding carboxylic acids is 2. The lowest BCUT2D eigenvalue weighted by Gasteiger charge is -2.10. The fourth-order valence-corrected chi connectivity index (χ4v) is 3.08. The molecule has 0 bridgehead atoms. The van der Waals surface area contributed by atoms with E-state index in [1.165, 1.54) is 6.08 Å². The van der Waals surface area contributed by atoms with Crippen LogP contribution in [0.5, 0.6) is 11.5 Å². The highest BCUT2D eigenvalue weighted by atomic mass is 16.5. The van der Waals surface area contributed by atoms with Crippen LogP contribution in [-0.2, 0) is 20.7 Å². The lowest BCUT2D eigenvalue weighted by molar-refractivity contribution is -0.142. The summed E-state index contributed by atoms with van der Waals surface area (Å²) in [4.78, 5) is 24.0. The van der Waals surface area contributed by atoms with Crippen molar-refractivity contribution in [2.24, 2.45) is 0 Å². The molecule has 0 saturated carbocycles. The molecule has 0 aromatic heterocycles. The maximum absolute atomic E-state index is 12.0. The van der Waals surface area contributed by atoms with Gasteiger partial charge in [0.15, 0.2) is 6.61 Å². The van der Waals surface area contributed by atoms with Crippen LogP contribution in [0.3, 0.4) is 0 Å². The minimum absolute atomic E-state index is 0.100. The summed E-state index contributed by atoms with van der Waals surface area (Å²) < 4.78 is 16.4. The fraction of sp³-hybridized carbons (Fsp3) is 0.261. The number of benzene rings is 2. The molecule has 7 nitrogen and oxygen atoms in total. The Bertz CT molecular complexity index is 1020. The van der Waals surface area contributed by atoms with Gasteiger partial charge in [0.05, 0.1) is 17.9 Å². The summed E-state index contributed by atoms with van der Waals surface area (Å²) in [6, 6.07) is 12.3. The van der Waals surface area contributed by atoms with Crippen molar-refractivity contribution in [1.29, 1.82) is 5.26 Å². The molecule has 0 fully saturated rings. The quantitative estimate of drug-likeness (QED) is 0.558. The van der Waals surface area contributed by atoms with Crippen molar-refractivity contribution in [1.82, 2.24) is 0 Å². The summed E-state index contributed by atoms with van der Waals surface area (Å²) >= 11 is 0. The van der Waals surface area contributed by atoms with E-state index in [1.807, 2.05) is 32.0 Å². The number of hydrogen-bond donors (Lipinski definition) is 1. The van der Waals surface area contributed by atoms with E-state index in [0.29, 0.717) is 29.2 Å². The number of fused-ring (bicyclic) bond motifs is 1. The van der Waals surface area contributed by atoms with E-state index in [-0.39, 0.29) is 6.10 Å². The van der Waals surface area contributed by atoms with Gasteiger partial charge in [-0.25, -0.2) is 4.79 Å². The monoisotopic (exact) mass is 406 g/mol. The van der Waals surface area contributed by atoms with Crippen molar-refractivity contribution < 1.29 is 23.8 Å². The highest BCUT2D eigenvalue weighted by Gasteiger charge is 2.21. The second-order valence-corrected chi connectivity index (χ2v) is 6.71. The Kier molecular flexibility index (Phi) is 6.71. The van der Waals surface area contributed by atoms with Crippen LogP contribution in [0.15, 0.2) is 42.5 Å². The molecule has 1 amide bonds. The van der Waals surface area contributed by atoms with Gasteiger partial charge in [0, 0.05) is 23.6 Å². The largest absolute Gasteiger partial charge is 0.493 e. The number of carbonyl (C=O) groups is 2. The van der Waals surface area contributed by atoms with Crippen LogP contribution in [0.2, 0.25) is 0 Å². The van der Waals surface area contributed by atoms with E-state index in [2.05, 4.69) is 5.32 Å². The van der Waals surface area contributed by atoms with Gasteiger partial charge in [-0.05, 0) is 44.2 Å². The van der Waals surface area contributed by atoms with Crippen LogP contribution < -0.4 is 14.8 Å². The van der Waals surface area contributed by atoms with Crippen LogP contribution in [0, 0.1) is 11.3 Å². The van der Waals surface area contributed by atoms with E-state index in [1.54, 1.807) is 30.3 Å². The minimum Gasteiger partial charge on any atom is -0.493 e. The van der Waals surface area contributed by atoms with Gasteiger partial charge in [-0.3, -0.25) is 4.79 Å². The second-order valence-electron chi connectivity index (χ2n) is 6.71. The number of nitrogens with zero attached hydrogens (tertiary/aromatic N) is 1. The predicted molar refractivity (Wildman–Crippen MR) is 111 cm³/mol. The van der Waals surface area contributed by atoms with Crippen molar-refractivity contribution in [3.63, 3.8) is 0 Å². The number of esters is 1. The zero-order chi connectivity index (χ0) is 21.5. The van der Waals surface area contributed by atoms with Gasteiger partial charge in [-0.1, -0.05) is 12.1 Å². The lowest BCUT2D eigenvalue weighted by atomic mass is 10.1. The van der Waals surface area contributed by atoms with Crippen LogP contribution in [0.1, 0.15) is 30.5 Å². The fourth-order valence-electron chi connectivity index (χ4n) is 3.08. The van der Waals surface area contributed by atoms with Gasteiger partial charge in [0.1, 0.15) is 23.7 Å². The molecule has 1 aliphatic heterocycles. The normalized spacial score (nSPS) is 14.5. The lowest BCUT2D eigenvalue weighted by Crippen LogP contribution is -2.20. The Morgan fingerprint density at radius 1 is 1.33 bits per heavy atom. The van der Waals surface area contributed by atoms with E-state index in [0.717, 1.165) is 17.7 Å². The number of nitriles is 1. The third-order valence-electron chi connectivity index (χ3n) is 4.39. The molecule has 2 aromatic carbocycles. The summed E-state index contributed by atoms with van der Waals surface area (Å²) in [5.41, 5.74) is 2.45. The second kappa shape index (κ2) is 9.61. The van der Waals surface area contributed by atoms with Crippen molar-refractivity contribution in [2.45, 2.75) is 26.4 Å². The number of amides is 1. The molecule has 0 saturated heterocycles. The summed E-state index contributed by atoms with van der Waals surface area (Å²) in [5.74, 6) is 0.226. The van der Waals surface area contributed by atoms with Gasteiger partial charge in [-0.15, -0.1) is 0 Å². The molecule has 3 rings (SSSR count). The highest BCUT2D eigenvalue weighted by molar-refractivity contribution is 5.95. The van der Waals surface area contributed by atoms with E-state index < -0.39 is 18.5 Å². The SMILES string of the molecule is CCOc1cc2c(cc1/C=C/C(=O)OCC(=O)Nc1ccccc1C#N)O[C@H](C)C2. The number of hydrogen-bond acceptors (Lipinski definition) is 6. The maximum atomic E-state index is 12.0. The molecule has 1 atom stereocenters. The molecule has 0 spiro atoms. The number of nitrogens with one attached hydrogen (secondary N) is 1. The Morgan fingerprint density at radius 2 is 2.13 bits per heavy atom. The Balaban J connectivity index is 1.60. The first-order valence-corrected chi connectivity index (χ1v) is 9.60. The molecule has 154 valence electrons. The zero-order valence-electron chi connectivity index (χ0n) is 16.8. The van der Waals surface area contributed by atoms with Crippen molar-refractivity contribution >= 4 is 23.6 Å². The van der Waals surface area contributed by atoms with Crippen molar-refractivity contribution in [2.75, 3.05) is 18.5 Å². The molecule has 0 aliphatic carbocycles. The number of para-hydroxylation sites is 1. The molecular weight excluding hydrogens is 384 g/mol. The highest BCUT2D eigenvalue weighted by Crippen LogP contribution is 2.35. The minimum atomic E-state index is -0.670. The molecule has 1 aliphatic rings. The molecular formula is C23H22N2O5. The molecule has 30 heavy (non-hydrogen) atoms. The molecule has 7 heteroatoms. The number of anilines is 1. The third-order valence-corrected chi connectivity index (χ3v) is 4.39. The molecule has 0 unspecified atom stereocenters. The van der Waals surface area contributed by atoms with Gasteiger partial charge in [-0.2, -0.15) is 5.26 Å². The summed E-state index contributed by atoms with van der Waals surface area (Å²) in [6.45, 7) is 3.90. The maximum Gasteiger partial charge on any atom is 0.331 e. The first kappa shape index (κ1) is 20.9. The van der Waals surface area contributed by atoms with Crippen LogP contribution in [0.25, 0.3) is 6.08 Å². The van der Waals surface area contributed by atoms with Crippen molar-refractivity contribution in [3.05, 3.63) is 59.2 Å². The summed E-state index contributed by atoms with van der Waals surface area (Å²) in [6.07, 6.45) is 3.72. The Morgan fingerprint density at radius 3 is 2.90 bits per heavy atom. The van der Waals surface area contributed by atoms with Gasteiger partial charge in [0.25, 0.3) is 5.91 Å². The molecule has 1 N–H and O–H groups in total. The number of rotatable bonds is 7. The van der Waals surface area contributed by atoms with Crippen LogP contribution >= 0.6 is 0 Å². The van der Waals surface area contributed by atoms with Crippen LogP contribution in [-0.4, -0.2) is 31.2 Å². The Hall–Kier alpha value is -3.79. The molecule has 1 heterocycles. The van der Waals surface area contributed by atoms with Crippen molar-refractivity contribution in [3.8, 4) is 17.6 Å². The molecule has 2 aromatic rings. The molecule has 0 radical (unpaired) electrons. The van der Waals surface area contributed by atoms with Crippen LogP contribution in [0.4, 0.5) is 5.69 Å². The van der Waals surface area contributed by atoms with Gasteiger partial charge in [0.2, 0.25) is 0 Å². The van der Waals surface area contributed by atoms with E-state index in [9.17, 15) is 9.59 Å². The average molecular weight is 406 g/mol. The average Bonchev–Trinajstić information content (AvgIpc) is 3.10. The standard InChI is InChI=1S/C23H22N2O5/c1-3-28-20-12-18-10-15(2)30-21(18)11-16(20)8-9-23(27)29-14-22(26)25-19-7-5-4-6-17(19)13-24/h4-9,11-12,15H,3,10,14H2,1-2H3,(H,25,26)/b9-8+/t15-/m1/s1. The van der Waals surface area contributed by atoms with E-state index >= 15 is 0 Å². The van der Waals surface area contributed by atoms with Gasteiger partial charge < -0.3 is 19.5 Å².